The Balaban J connectivity index is 2.10. The van der Waals surface area contributed by atoms with E-state index in [1.54, 1.807) is 18.2 Å². The van der Waals surface area contributed by atoms with Crippen LogP contribution in [0.2, 0.25) is 0 Å². The van der Waals surface area contributed by atoms with E-state index >= 15 is 0 Å². The summed E-state index contributed by atoms with van der Waals surface area (Å²) in [4.78, 5) is 34.9. The van der Waals surface area contributed by atoms with Gasteiger partial charge in [-0.05, 0) is 6.07 Å². The minimum Gasteiger partial charge on any atom is -0.493 e. The van der Waals surface area contributed by atoms with Crippen molar-refractivity contribution < 1.29 is 28.7 Å². The maximum atomic E-state index is 12.3. The Bertz CT molecular complexity index is 915. The topological polar surface area (TPSA) is 129 Å². The lowest BCUT2D eigenvalue weighted by atomic mass is 10.1. The summed E-state index contributed by atoms with van der Waals surface area (Å²) in [6.45, 7) is 0.150. The number of hydrogen-bond acceptors (Lipinski definition) is 8. The molecule has 0 aliphatic rings. The molecule has 154 valence electrons. The first-order chi connectivity index (χ1) is 13.9. The van der Waals surface area contributed by atoms with E-state index in [0.29, 0.717) is 17.2 Å². The average Bonchev–Trinajstić information content (AvgIpc) is 2.72. The van der Waals surface area contributed by atoms with Crippen LogP contribution < -0.4 is 20.1 Å². The number of nitro benzene ring substituents is 1. The van der Waals surface area contributed by atoms with Crippen molar-refractivity contribution >= 4 is 28.9 Å². The van der Waals surface area contributed by atoms with Gasteiger partial charge in [-0.3, -0.25) is 14.9 Å². The minimum absolute atomic E-state index is 0.000998. The van der Waals surface area contributed by atoms with Gasteiger partial charge in [0.05, 0.1) is 37.5 Å². The highest BCUT2D eigenvalue weighted by Crippen LogP contribution is 2.34. The number of nitro groups is 1. The van der Waals surface area contributed by atoms with Gasteiger partial charge in [-0.2, -0.15) is 0 Å². The fourth-order valence-corrected chi connectivity index (χ4v) is 2.57. The lowest BCUT2D eigenvalue weighted by Gasteiger charge is -2.15. The van der Waals surface area contributed by atoms with Crippen molar-refractivity contribution in [2.45, 2.75) is 6.42 Å². The fraction of sp³-hybridized carbons (Fsp3) is 0.263. The largest absolute Gasteiger partial charge is 0.493 e. The predicted molar refractivity (Wildman–Crippen MR) is 106 cm³/mol. The molecule has 0 heterocycles. The van der Waals surface area contributed by atoms with Gasteiger partial charge in [-0.1, -0.05) is 12.1 Å². The minimum atomic E-state index is -0.653. The summed E-state index contributed by atoms with van der Waals surface area (Å²) < 4.78 is 15.1. The number of ether oxygens (including phenoxy) is 3. The van der Waals surface area contributed by atoms with Crippen LogP contribution in [0.3, 0.4) is 0 Å². The molecule has 0 aliphatic heterocycles. The zero-order chi connectivity index (χ0) is 21.4. The summed E-state index contributed by atoms with van der Waals surface area (Å²) >= 11 is 0. The van der Waals surface area contributed by atoms with Gasteiger partial charge in [0.2, 0.25) is 5.91 Å². The summed E-state index contributed by atoms with van der Waals surface area (Å²) in [5.41, 5.74) is 0.530. The van der Waals surface area contributed by atoms with Crippen molar-refractivity contribution in [2.75, 3.05) is 38.5 Å². The van der Waals surface area contributed by atoms with E-state index in [4.69, 9.17) is 14.2 Å². The number of carbonyl (C=O) groups excluding carboxylic acids is 2. The normalized spacial score (nSPS) is 10.0. The third kappa shape index (κ3) is 5.34. The maximum absolute atomic E-state index is 12.3. The number of amides is 1. The number of para-hydroxylation sites is 2. The van der Waals surface area contributed by atoms with Gasteiger partial charge < -0.3 is 24.8 Å². The molecular formula is C19H21N3O7. The molecule has 0 saturated carbocycles. The van der Waals surface area contributed by atoms with Crippen LogP contribution in [0.25, 0.3) is 0 Å². The van der Waals surface area contributed by atoms with Gasteiger partial charge in [0.15, 0.2) is 11.5 Å². The van der Waals surface area contributed by atoms with E-state index < -0.39 is 16.8 Å². The monoisotopic (exact) mass is 403 g/mol. The zero-order valence-electron chi connectivity index (χ0n) is 16.2. The Hall–Kier alpha value is -3.82. The van der Waals surface area contributed by atoms with E-state index in [1.165, 1.54) is 39.5 Å². The van der Waals surface area contributed by atoms with E-state index in [-0.39, 0.29) is 29.9 Å². The first-order valence-electron chi connectivity index (χ1n) is 8.52. The van der Waals surface area contributed by atoms with E-state index in [9.17, 15) is 19.7 Å². The quantitative estimate of drug-likeness (QED) is 0.371. The Morgan fingerprint density at radius 3 is 2.31 bits per heavy atom. The molecule has 0 spiro atoms. The molecule has 1 amide bonds. The first kappa shape index (κ1) is 21.5. The second-order valence-corrected chi connectivity index (χ2v) is 5.74. The predicted octanol–water partition coefficient (Wildman–Crippen LogP) is 2.84. The molecule has 10 heteroatoms. The Labute approximate surface area is 166 Å². The fourth-order valence-electron chi connectivity index (χ4n) is 2.57. The summed E-state index contributed by atoms with van der Waals surface area (Å²) in [5.74, 6) is -0.426. The molecule has 0 aliphatic carbocycles. The SMILES string of the molecule is COC(=O)c1cc(OC)c(OC)cc1NC(=O)CCNc1ccccc1[N+](=O)[O-]. The molecule has 0 fully saturated rings. The van der Waals surface area contributed by atoms with Crippen LogP contribution in [0.5, 0.6) is 11.5 Å². The molecule has 10 nitrogen and oxygen atoms in total. The second-order valence-electron chi connectivity index (χ2n) is 5.74. The van der Waals surface area contributed by atoms with Crippen LogP contribution in [-0.4, -0.2) is 44.7 Å². The smallest absolute Gasteiger partial charge is 0.340 e. The summed E-state index contributed by atoms with van der Waals surface area (Å²) in [7, 11) is 4.07. The van der Waals surface area contributed by atoms with Gasteiger partial charge >= 0.3 is 5.97 Å². The molecule has 0 bridgehead atoms. The molecule has 29 heavy (non-hydrogen) atoms. The number of rotatable bonds is 9. The maximum Gasteiger partial charge on any atom is 0.340 e. The number of nitrogens with one attached hydrogen (secondary N) is 2. The highest BCUT2D eigenvalue weighted by atomic mass is 16.6. The molecule has 2 aromatic carbocycles. The van der Waals surface area contributed by atoms with E-state index in [0.717, 1.165) is 0 Å². The number of esters is 1. The number of carbonyl (C=O) groups is 2. The number of anilines is 2. The van der Waals surface area contributed by atoms with Crippen LogP contribution in [0, 0.1) is 10.1 Å². The summed E-state index contributed by atoms with van der Waals surface area (Å²) in [5, 5.41) is 16.5. The molecule has 2 rings (SSSR count). The van der Waals surface area contributed by atoms with Crippen LogP contribution in [-0.2, 0) is 9.53 Å². The number of benzene rings is 2. The van der Waals surface area contributed by atoms with Gasteiger partial charge in [0.25, 0.3) is 5.69 Å². The standard InChI is InChI=1S/C19H21N3O7/c1-27-16-10-12(19(24)29-3)14(11-17(16)28-2)21-18(23)8-9-20-13-6-4-5-7-15(13)22(25)26/h4-7,10-11,20H,8-9H2,1-3H3,(H,21,23). The van der Waals surface area contributed by atoms with Crippen molar-refractivity contribution in [3.63, 3.8) is 0 Å². The molecule has 0 atom stereocenters. The summed E-state index contributed by atoms with van der Waals surface area (Å²) in [6.07, 6.45) is 0.000998. The Morgan fingerprint density at radius 2 is 1.69 bits per heavy atom. The van der Waals surface area contributed by atoms with Crippen molar-refractivity contribution in [1.82, 2.24) is 0 Å². The lowest BCUT2D eigenvalue weighted by Crippen LogP contribution is -2.19. The molecule has 2 N–H and O–H groups in total. The van der Waals surface area contributed by atoms with Gasteiger partial charge in [-0.15, -0.1) is 0 Å². The second kappa shape index (κ2) is 9.93. The number of hydrogen-bond donors (Lipinski definition) is 2. The van der Waals surface area contributed by atoms with Crippen molar-refractivity contribution in [3.05, 3.63) is 52.1 Å². The third-order valence-corrected chi connectivity index (χ3v) is 3.97. The van der Waals surface area contributed by atoms with Crippen molar-refractivity contribution in [3.8, 4) is 11.5 Å². The van der Waals surface area contributed by atoms with Crippen LogP contribution in [0.1, 0.15) is 16.8 Å². The molecule has 0 aromatic heterocycles. The molecular weight excluding hydrogens is 382 g/mol. The van der Waals surface area contributed by atoms with Crippen LogP contribution in [0.4, 0.5) is 17.1 Å². The van der Waals surface area contributed by atoms with E-state index in [2.05, 4.69) is 10.6 Å². The molecule has 0 unspecified atom stereocenters. The first-order valence-corrected chi connectivity index (χ1v) is 8.52. The highest BCUT2D eigenvalue weighted by molar-refractivity contribution is 6.02. The zero-order valence-corrected chi connectivity index (χ0v) is 16.2. The average molecular weight is 403 g/mol. The van der Waals surface area contributed by atoms with Crippen molar-refractivity contribution in [1.29, 1.82) is 0 Å². The number of nitrogens with zero attached hydrogens (tertiary/aromatic N) is 1. The third-order valence-electron chi connectivity index (χ3n) is 3.97. The molecule has 0 saturated heterocycles. The van der Waals surface area contributed by atoms with Crippen LogP contribution in [0.15, 0.2) is 36.4 Å². The van der Waals surface area contributed by atoms with Gasteiger partial charge in [0, 0.05) is 31.2 Å². The van der Waals surface area contributed by atoms with E-state index in [1.807, 2.05) is 0 Å². The molecule has 0 radical (unpaired) electrons. The van der Waals surface area contributed by atoms with Gasteiger partial charge in [-0.25, -0.2) is 4.79 Å². The van der Waals surface area contributed by atoms with Crippen LogP contribution >= 0.6 is 0 Å². The highest BCUT2D eigenvalue weighted by Gasteiger charge is 2.19. The Kier molecular flexibility index (Phi) is 7.35. The molecule has 2 aromatic rings. The lowest BCUT2D eigenvalue weighted by molar-refractivity contribution is -0.384. The summed E-state index contributed by atoms with van der Waals surface area (Å²) in [6, 6.07) is 9.00. The van der Waals surface area contributed by atoms with Crippen molar-refractivity contribution in [2.24, 2.45) is 0 Å². The van der Waals surface area contributed by atoms with Gasteiger partial charge in [0.1, 0.15) is 5.69 Å². The Morgan fingerprint density at radius 1 is 1.03 bits per heavy atom. The number of methoxy groups -OCH3 is 3.